The van der Waals surface area contributed by atoms with E-state index in [0.29, 0.717) is 5.02 Å². The Balaban J connectivity index is 1.77. The van der Waals surface area contributed by atoms with Gasteiger partial charge in [0, 0.05) is 5.39 Å². The molecule has 7 heteroatoms. The maximum atomic E-state index is 12.6. The monoisotopic (exact) mass is 429 g/mol. The number of rotatable bonds is 7. The number of nitrogens with zero attached hydrogens (tertiary/aromatic N) is 1. The van der Waals surface area contributed by atoms with E-state index in [1.807, 2.05) is 74.5 Å². The van der Waals surface area contributed by atoms with Gasteiger partial charge in [-0.3, -0.25) is 4.52 Å². The van der Waals surface area contributed by atoms with Gasteiger partial charge in [0.1, 0.15) is 6.61 Å². The second-order valence-electron chi connectivity index (χ2n) is 6.82. The maximum absolute atomic E-state index is 12.6. The van der Waals surface area contributed by atoms with Gasteiger partial charge >= 0.3 is 14.1 Å². The van der Waals surface area contributed by atoms with Crippen molar-refractivity contribution in [2.75, 3.05) is 0 Å². The molecule has 0 spiro atoms. The van der Waals surface area contributed by atoms with Crippen LogP contribution in [0.5, 0.6) is 5.75 Å². The van der Waals surface area contributed by atoms with Crippen LogP contribution < -0.4 is 9.42 Å². The molecule has 2 atom stereocenters. The molecule has 0 radical (unpaired) electrons. The van der Waals surface area contributed by atoms with Crippen LogP contribution in [-0.2, 0) is 16.1 Å². The van der Waals surface area contributed by atoms with Crippen LogP contribution in [-0.4, -0.2) is 12.0 Å². The number of benzene rings is 3. The van der Waals surface area contributed by atoms with Crippen molar-refractivity contribution in [1.29, 1.82) is 0 Å². The molecule has 1 unspecified atom stereocenters. The summed E-state index contributed by atoms with van der Waals surface area (Å²) in [6, 6.07) is 19.4. The van der Waals surface area contributed by atoms with Crippen molar-refractivity contribution in [3.63, 3.8) is 0 Å². The van der Waals surface area contributed by atoms with Crippen LogP contribution in [0.15, 0.2) is 71.5 Å². The number of ether oxygens (including phenoxy) is 1. The topological polar surface area (TPSA) is 71.0 Å². The SMILES string of the molecule is CC(C)[C@H](N=[P+]([O-])Oc1c(Cl)ccc2ccccc12)C(=O)OCc1ccccc1. The smallest absolute Gasteiger partial charge is 0.395 e. The summed E-state index contributed by atoms with van der Waals surface area (Å²) in [7, 11) is -2.53. The predicted molar refractivity (Wildman–Crippen MR) is 114 cm³/mol. The molecule has 0 aromatic heterocycles. The minimum atomic E-state index is -2.53. The average molecular weight is 430 g/mol. The minimum absolute atomic E-state index is 0.130. The van der Waals surface area contributed by atoms with E-state index in [4.69, 9.17) is 20.9 Å². The van der Waals surface area contributed by atoms with Crippen molar-refractivity contribution in [2.24, 2.45) is 10.7 Å². The quantitative estimate of drug-likeness (QED) is 0.367. The Labute approximate surface area is 175 Å². The van der Waals surface area contributed by atoms with E-state index in [-0.39, 0.29) is 18.3 Å². The first kappa shape index (κ1) is 21.3. The number of halogens is 1. The Kier molecular flexibility index (Phi) is 7.21. The maximum Gasteiger partial charge on any atom is 0.395 e. The minimum Gasteiger partial charge on any atom is -0.575 e. The fraction of sp³-hybridized carbons (Fsp3) is 0.227. The van der Waals surface area contributed by atoms with Gasteiger partial charge < -0.3 is 9.63 Å². The molecule has 0 amide bonds. The molecule has 0 bridgehead atoms. The number of carbonyl (C=O) groups is 1. The summed E-state index contributed by atoms with van der Waals surface area (Å²) >= 11 is 6.24. The van der Waals surface area contributed by atoms with Gasteiger partial charge in [0.15, 0.2) is 6.04 Å². The largest absolute Gasteiger partial charge is 0.575 e. The van der Waals surface area contributed by atoms with Crippen molar-refractivity contribution in [3.8, 4) is 5.75 Å². The van der Waals surface area contributed by atoms with Gasteiger partial charge in [0.2, 0.25) is 5.75 Å². The highest BCUT2D eigenvalue weighted by Gasteiger charge is 2.28. The average Bonchev–Trinajstić information content (AvgIpc) is 2.73. The van der Waals surface area contributed by atoms with Gasteiger partial charge in [0.25, 0.3) is 0 Å². The Morgan fingerprint density at radius 2 is 1.76 bits per heavy atom. The molecule has 3 rings (SSSR count). The molecule has 0 aliphatic heterocycles. The molecular weight excluding hydrogens is 409 g/mol. The van der Waals surface area contributed by atoms with Crippen LogP contribution in [0.3, 0.4) is 0 Å². The van der Waals surface area contributed by atoms with E-state index in [2.05, 4.69) is 4.74 Å². The van der Waals surface area contributed by atoms with Crippen LogP contribution in [0, 0.1) is 5.92 Å². The normalized spacial score (nSPS) is 12.8. The molecular formula is C22H21ClNO4P. The van der Waals surface area contributed by atoms with Crippen molar-refractivity contribution in [3.05, 3.63) is 77.3 Å². The van der Waals surface area contributed by atoms with Gasteiger partial charge in [0.05, 0.1) is 5.02 Å². The lowest BCUT2D eigenvalue weighted by molar-refractivity contribution is -0.170. The van der Waals surface area contributed by atoms with Crippen LogP contribution >= 0.6 is 19.8 Å². The first-order chi connectivity index (χ1) is 14.0. The molecule has 150 valence electrons. The van der Waals surface area contributed by atoms with E-state index in [1.54, 1.807) is 6.07 Å². The highest BCUT2D eigenvalue weighted by molar-refractivity contribution is 7.34. The fourth-order valence-electron chi connectivity index (χ4n) is 2.78. The zero-order valence-electron chi connectivity index (χ0n) is 16.1. The molecule has 0 heterocycles. The summed E-state index contributed by atoms with van der Waals surface area (Å²) in [6.07, 6.45) is 0. The van der Waals surface area contributed by atoms with E-state index in [0.717, 1.165) is 16.3 Å². The Morgan fingerprint density at radius 3 is 2.48 bits per heavy atom. The van der Waals surface area contributed by atoms with Gasteiger partial charge in [-0.1, -0.05) is 90.9 Å². The zero-order valence-corrected chi connectivity index (χ0v) is 17.8. The number of hydrogen-bond acceptors (Lipinski definition) is 5. The Hall–Kier alpha value is -2.46. The van der Waals surface area contributed by atoms with Gasteiger partial charge in [-0.15, -0.1) is 0 Å². The summed E-state index contributed by atoms with van der Waals surface area (Å²) in [4.78, 5) is 25.1. The summed E-state index contributed by atoms with van der Waals surface area (Å²) in [5.74, 6) is -0.460. The van der Waals surface area contributed by atoms with Gasteiger partial charge in [-0.05, 0) is 22.9 Å². The molecule has 0 aliphatic rings. The number of esters is 1. The van der Waals surface area contributed by atoms with Crippen LogP contribution in [0.4, 0.5) is 0 Å². The highest BCUT2D eigenvalue weighted by Crippen LogP contribution is 2.38. The van der Waals surface area contributed by atoms with Crippen molar-refractivity contribution >= 4 is 36.5 Å². The standard InChI is InChI=1S/C22H21ClNO4P/c1-15(2)20(22(25)27-14-16-8-4-3-5-9-16)24-29(26)28-21-18-11-7-6-10-17(18)12-13-19(21)23/h3-13,15,20H,14H2,1-2H3/t20-/m0/s1. The summed E-state index contributed by atoms with van der Waals surface area (Å²) in [6.45, 7) is 3.75. The molecule has 0 aliphatic carbocycles. The summed E-state index contributed by atoms with van der Waals surface area (Å²) < 4.78 is 15.0. The van der Waals surface area contributed by atoms with Crippen LogP contribution in [0.2, 0.25) is 5.02 Å². The van der Waals surface area contributed by atoms with E-state index >= 15 is 0 Å². The lowest BCUT2D eigenvalue weighted by Crippen LogP contribution is -2.27. The van der Waals surface area contributed by atoms with E-state index in [9.17, 15) is 9.69 Å². The third kappa shape index (κ3) is 5.54. The van der Waals surface area contributed by atoms with E-state index in [1.165, 1.54) is 0 Å². The van der Waals surface area contributed by atoms with Crippen molar-refractivity contribution in [2.45, 2.75) is 26.5 Å². The molecule has 0 fully saturated rings. The Morgan fingerprint density at radius 1 is 1.07 bits per heavy atom. The third-order valence-electron chi connectivity index (χ3n) is 4.32. The Bertz CT molecular complexity index is 1020. The van der Waals surface area contributed by atoms with Crippen LogP contribution in [0.25, 0.3) is 10.8 Å². The van der Waals surface area contributed by atoms with Gasteiger partial charge in [-0.25, -0.2) is 4.79 Å². The molecule has 3 aromatic carbocycles. The highest BCUT2D eigenvalue weighted by atomic mass is 35.5. The molecule has 3 aromatic rings. The van der Waals surface area contributed by atoms with E-state index < -0.39 is 20.2 Å². The fourth-order valence-corrected chi connectivity index (χ4v) is 4.00. The number of fused-ring (bicyclic) bond motifs is 1. The molecule has 0 N–H and O–H groups in total. The number of carbonyl (C=O) groups excluding carboxylic acids is 1. The third-order valence-corrected chi connectivity index (χ3v) is 5.39. The first-order valence-corrected chi connectivity index (χ1v) is 10.7. The summed E-state index contributed by atoms with van der Waals surface area (Å²) in [5.41, 5.74) is 0.867. The number of hydrogen-bond donors (Lipinski definition) is 0. The summed E-state index contributed by atoms with van der Waals surface area (Å²) in [5, 5.41) is 1.96. The lowest BCUT2D eigenvalue weighted by Gasteiger charge is -2.14. The van der Waals surface area contributed by atoms with Crippen LogP contribution in [0.1, 0.15) is 19.4 Å². The van der Waals surface area contributed by atoms with Gasteiger partial charge in [-0.2, -0.15) is 0 Å². The molecule has 29 heavy (non-hydrogen) atoms. The molecule has 0 saturated heterocycles. The lowest BCUT2D eigenvalue weighted by atomic mass is 10.1. The first-order valence-electron chi connectivity index (χ1n) is 9.19. The molecule has 5 nitrogen and oxygen atoms in total. The second-order valence-corrected chi connectivity index (χ2v) is 8.12. The van der Waals surface area contributed by atoms with Crippen molar-refractivity contribution in [1.82, 2.24) is 0 Å². The second kappa shape index (κ2) is 9.84. The van der Waals surface area contributed by atoms with Crippen molar-refractivity contribution < 1.29 is 18.9 Å². The predicted octanol–water partition coefficient (Wildman–Crippen LogP) is 5.50. The molecule has 0 saturated carbocycles. The zero-order chi connectivity index (χ0) is 20.8.